The molecule has 0 bridgehead atoms. The molecule has 0 spiro atoms. The number of benzene rings is 1. The van der Waals surface area contributed by atoms with Gasteiger partial charge in [0.25, 0.3) is 0 Å². The Morgan fingerprint density at radius 2 is 1.96 bits per heavy atom. The van der Waals surface area contributed by atoms with Gasteiger partial charge in [-0.1, -0.05) is 18.2 Å². The molecule has 0 aliphatic carbocycles. The molecule has 2 N–H and O–H groups in total. The second kappa shape index (κ2) is 7.75. The molecule has 1 aromatic carbocycles. The molecule has 0 aromatic heterocycles. The number of carboxylic acids is 1. The number of anilines is 1. The second-order valence-electron chi connectivity index (χ2n) is 7.00. The largest absolute Gasteiger partial charge is 0.481 e. The van der Waals surface area contributed by atoms with Crippen LogP contribution in [0.5, 0.6) is 0 Å². The predicted molar refractivity (Wildman–Crippen MR) is 92.5 cm³/mol. The first-order valence-electron chi connectivity index (χ1n) is 8.87. The number of nitrogens with zero attached hydrogens (tertiary/aromatic N) is 2. The van der Waals surface area contributed by atoms with E-state index >= 15 is 0 Å². The fourth-order valence-electron chi connectivity index (χ4n) is 3.82. The van der Waals surface area contributed by atoms with Crippen molar-refractivity contribution in [1.29, 1.82) is 0 Å². The number of carboxylic acid groups (broad SMARTS) is 1. The number of carbonyl (C=O) groups is 2. The number of para-hydroxylation sites is 1. The van der Waals surface area contributed by atoms with Crippen molar-refractivity contribution in [3.05, 3.63) is 29.8 Å². The first-order chi connectivity index (χ1) is 12.8. The van der Waals surface area contributed by atoms with Crippen LogP contribution in [-0.4, -0.2) is 67.3 Å². The predicted octanol–water partition coefficient (Wildman–Crippen LogP) is 1.36. The van der Waals surface area contributed by atoms with Crippen LogP contribution in [0.2, 0.25) is 0 Å². The van der Waals surface area contributed by atoms with Gasteiger partial charge in [0.05, 0.1) is 18.4 Å². The van der Waals surface area contributed by atoms with E-state index in [9.17, 15) is 22.8 Å². The standard InChI is InChI=1S/C18H22F3N3O3/c19-18(20,21)14-10-23(9-13(14)17(26)27)11-16(25)22-6-8-24-7-5-12-3-1-2-4-15(12)24/h1-4,13-14H,5-11H2,(H,22,25)(H,26,27)/t13-,14-/m1/s1. The summed E-state index contributed by atoms with van der Waals surface area (Å²) >= 11 is 0. The van der Waals surface area contributed by atoms with E-state index in [-0.39, 0.29) is 13.1 Å². The molecule has 2 heterocycles. The Labute approximate surface area is 154 Å². The van der Waals surface area contributed by atoms with Crippen LogP contribution in [0, 0.1) is 11.8 Å². The summed E-state index contributed by atoms with van der Waals surface area (Å²) in [6, 6.07) is 8.03. The molecule has 1 fully saturated rings. The number of carbonyl (C=O) groups excluding carboxylic acids is 1. The topological polar surface area (TPSA) is 72.9 Å². The molecule has 2 atom stereocenters. The minimum absolute atomic E-state index is 0.229. The summed E-state index contributed by atoms with van der Waals surface area (Å²) in [7, 11) is 0. The van der Waals surface area contributed by atoms with Crippen LogP contribution in [-0.2, 0) is 16.0 Å². The van der Waals surface area contributed by atoms with E-state index in [1.807, 2.05) is 18.2 Å². The zero-order valence-electron chi connectivity index (χ0n) is 14.7. The van der Waals surface area contributed by atoms with E-state index < -0.39 is 36.4 Å². The number of likely N-dealkylation sites (tertiary alicyclic amines) is 1. The quantitative estimate of drug-likeness (QED) is 0.774. The van der Waals surface area contributed by atoms with Crippen molar-refractivity contribution >= 4 is 17.6 Å². The van der Waals surface area contributed by atoms with Crippen LogP contribution in [0.4, 0.5) is 18.9 Å². The van der Waals surface area contributed by atoms with Gasteiger partial charge in [0.1, 0.15) is 0 Å². The molecular formula is C18H22F3N3O3. The fraction of sp³-hybridized carbons (Fsp3) is 0.556. The van der Waals surface area contributed by atoms with Crippen molar-refractivity contribution in [3.63, 3.8) is 0 Å². The molecule has 1 amide bonds. The van der Waals surface area contributed by atoms with Crippen LogP contribution in [0.25, 0.3) is 0 Å². The highest BCUT2D eigenvalue weighted by Gasteiger charge is 2.52. The minimum Gasteiger partial charge on any atom is -0.481 e. The number of nitrogens with one attached hydrogen (secondary N) is 1. The lowest BCUT2D eigenvalue weighted by molar-refractivity contribution is -0.188. The SMILES string of the molecule is O=C(CN1C[C@@H](C(F)(F)F)[C@H](C(=O)O)C1)NCCN1CCc2ccccc21. The molecule has 3 rings (SSSR count). The Balaban J connectivity index is 1.45. The van der Waals surface area contributed by atoms with Crippen molar-refractivity contribution in [1.82, 2.24) is 10.2 Å². The molecular weight excluding hydrogens is 363 g/mol. The Hall–Kier alpha value is -2.29. The van der Waals surface area contributed by atoms with Gasteiger partial charge in [0, 0.05) is 38.4 Å². The number of hydrogen-bond donors (Lipinski definition) is 2. The van der Waals surface area contributed by atoms with Crippen LogP contribution in [0.1, 0.15) is 5.56 Å². The molecule has 2 aliphatic rings. The summed E-state index contributed by atoms with van der Waals surface area (Å²) in [4.78, 5) is 26.5. The maximum atomic E-state index is 13.0. The number of hydrogen-bond acceptors (Lipinski definition) is 4. The third-order valence-corrected chi connectivity index (χ3v) is 5.19. The number of rotatable bonds is 6. The summed E-state index contributed by atoms with van der Waals surface area (Å²) in [5, 5.41) is 11.7. The average molecular weight is 385 g/mol. The molecule has 148 valence electrons. The number of fused-ring (bicyclic) bond motifs is 1. The Morgan fingerprint density at radius 3 is 2.63 bits per heavy atom. The molecule has 0 unspecified atom stereocenters. The lowest BCUT2D eigenvalue weighted by atomic mass is 9.96. The van der Waals surface area contributed by atoms with Gasteiger partial charge < -0.3 is 15.3 Å². The van der Waals surface area contributed by atoms with E-state index in [1.54, 1.807) is 0 Å². The maximum absolute atomic E-state index is 13.0. The van der Waals surface area contributed by atoms with Crippen molar-refractivity contribution in [2.75, 3.05) is 44.2 Å². The molecule has 0 saturated carbocycles. The van der Waals surface area contributed by atoms with Crippen LogP contribution in [0.15, 0.2) is 24.3 Å². The van der Waals surface area contributed by atoms with Crippen LogP contribution >= 0.6 is 0 Å². The highest BCUT2D eigenvalue weighted by atomic mass is 19.4. The first kappa shape index (κ1) is 19.5. The number of halogens is 3. The Morgan fingerprint density at radius 1 is 1.22 bits per heavy atom. The monoisotopic (exact) mass is 385 g/mol. The Kier molecular flexibility index (Phi) is 5.59. The zero-order chi connectivity index (χ0) is 19.6. The van der Waals surface area contributed by atoms with Gasteiger partial charge in [-0.2, -0.15) is 13.2 Å². The van der Waals surface area contributed by atoms with E-state index in [0.29, 0.717) is 13.1 Å². The van der Waals surface area contributed by atoms with Gasteiger partial charge in [-0.25, -0.2) is 0 Å². The maximum Gasteiger partial charge on any atom is 0.393 e. The number of alkyl halides is 3. The van der Waals surface area contributed by atoms with Crippen molar-refractivity contribution in [2.24, 2.45) is 11.8 Å². The molecule has 1 aromatic rings. The lowest BCUT2D eigenvalue weighted by Crippen LogP contribution is -2.40. The normalized spacial score (nSPS) is 22.7. The highest BCUT2D eigenvalue weighted by Crippen LogP contribution is 2.37. The summed E-state index contributed by atoms with van der Waals surface area (Å²) < 4.78 is 38.9. The highest BCUT2D eigenvalue weighted by molar-refractivity contribution is 5.78. The van der Waals surface area contributed by atoms with Gasteiger partial charge in [0.2, 0.25) is 5.91 Å². The van der Waals surface area contributed by atoms with Gasteiger partial charge in [0.15, 0.2) is 0 Å². The molecule has 0 radical (unpaired) electrons. The number of aliphatic carboxylic acids is 1. The molecule has 9 heteroatoms. The van der Waals surface area contributed by atoms with Gasteiger partial charge in [-0.15, -0.1) is 0 Å². The number of amides is 1. The first-order valence-corrected chi connectivity index (χ1v) is 8.87. The smallest absolute Gasteiger partial charge is 0.393 e. The Bertz CT molecular complexity index is 711. The van der Waals surface area contributed by atoms with Crippen LogP contribution in [0.3, 0.4) is 0 Å². The van der Waals surface area contributed by atoms with E-state index in [0.717, 1.165) is 18.7 Å². The lowest BCUT2D eigenvalue weighted by Gasteiger charge is -2.20. The second-order valence-corrected chi connectivity index (χ2v) is 7.00. The fourth-order valence-corrected chi connectivity index (χ4v) is 3.82. The van der Waals surface area contributed by atoms with Gasteiger partial charge >= 0.3 is 12.1 Å². The van der Waals surface area contributed by atoms with E-state index in [4.69, 9.17) is 5.11 Å². The van der Waals surface area contributed by atoms with Crippen molar-refractivity contribution in [3.8, 4) is 0 Å². The van der Waals surface area contributed by atoms with Crippen molar-refractivity contribution < 1.29 is 27.9 Å². The summed E-state index contributed by atoms with van der Waals surface area (Å²) in [5.74, 6) is -5.34. The summed E-state index contributed by atoms with van der Waals surface area (Å²) in [5.41, 5.74) is 2.41. The zero-order valence-corrected chi connectivity index (χ0v) is 14.7. The third kappa shape index (κ3) is 4.52. The molecule has 6 nitrogen and oxygen atoms in total. The molecule has 27 heavy (non-hydrogen) atoms. The van der Waals surface area contributed by atoms with Crippen LogP contribution < -0.4 is 10.2 Å². The minimum atomic E-state index is -4.59. The third-order valence-electron chi connectivity index (χ3n) is 5.19. The molecule has 2 aliphatic heterocycles. The summed E-state index contributed by atoms with van der Waals surface area (Å²) in [6.45, 7) is 0.902. The van der Waals surface area contributed by atoms with E-state index in [1.165, 1.54) is 10.5 Å². The van der Waals surface area contributed by atoms with Gasteiger partial charge in [-0.3, -0.25) is 14.5 Å². The molecule has 1 saturated heterocycles. The van der Waals surface area contributed by atoms with E-state index in [2.05, 4.69) is 16.3 Å². The summed E-state index contributed by atoms with van der Waals surface area (Å²) in [6.07, 6.45) is -3.63. The average Bonchev–Trinajstić information content (AvgIpc) is 3.19. The van der Waals surface area contributed by atoms with Gasteiger partial charge in [-0.05, 0) is 18.1 Å². The van der Waals surface area contributed by atoms with Crippen molar-refractivity contribution in [2.45, 2.75) is 12.6 Å².